The average Bonchev–Trinajstić information content (AvgIpc) is 2.79. The number of carbonyl (C=O) groups excluding carboxylic acids is 1. The first-order valence-electron chi connectivity index (χ1n) is 11.4. The summed E-state index contributed by atoms with van der Waals surface area (Å²) in [6.07, 6.45) is 4.92. The summed E-state index contributed by atoms with van der Waals surface area (Å²) in [4.78, 5) is 15.3. The van der Waals surface area contributed by atoms with Gasteiger partial charge in [0.25, 0.3) is 5.91 Å². The molecule has 0 aromatic heterocycles. The number of piperidine rings is 1. The number of nitrogens with zero attached hydrogens (tertiary/aromatic N) is 1. The molecule has 0 unspecified atom stereocenters. The lowest BCUT2D eigenvalue weighted by atomic mass is 10.0. The van der Waals surface area contributed by atoms with Crippen LogP contribution in [0.2, 0.25) is 0 Å². The van der Waals surface area contributed by atoms with Gasteiger partial charge in [0.15, 0.2) is 0 Å². The van der Waals surface area contributed by atoms with Gasteiger partial charge in [0.05, 0.1) is 18.0 Å². The minimum Gasteiger partial charge on any atom is -0.372 e. The second-order valence-electron chi connectivity index (χ2n) is 8.94. The third kappa shape index (κ3) is 5.66. The fraction of sp³-hybridized carbons (Fsp3) is 0.346. The van der Waals surface area contributed by atoms with Crippen LogP contribution >= 0.6 is 0 Å². The van der Waals surface area contributed by atoms with Gasteiger partial charge in [-0.1, -0.05) is 24.3 Å². The van der Waals surface area contributed by atoms with E-state index in [1.54, 1.807) is 6.07 Å². The molecule has 174 valence electrons. The maximum Gasteiger partial charge on any atom is 0.251 e. The maximum atomic E-state index is 12.9. The van der Waals surface area contributed by atoms with Crippen LogP contribution in [-0.4, -0.2) is 33.7 Å². The molecule has 33 heavy (non-hydrogen) atoms. The zero-order valence-corrected chi connectivity index (χ0v) is 20.2. The molecule has 0 spiro atoms. The Morgan fingerprint density at radius 3 is 2.33 bits per heavy atom. The molecule has 6 nitrogen and oxygen atoms in total. The summed E-state index contributed by atoms with van der Waals surface area (Å²) in [6, 6.07) is 17.5. The molecular formula is C26H31N3O3S. The van der Waals surface area contributed by atoms with E-state index >= 15 is 0 Å². The van der Waals surface area contributed by atoms with E-state index in [4.69, 9.17) is 0 Å². The lowest BCUT2D eigenvalue weighted by Gasteiger charge is -2.29. The number of benzene rings is 3. The van der Waals surface area contributed by atoms with Gasteiger partial charge in [-0.15, -0.1) is 0 Å². The second-order valence-corrected chi connectivity index (χ2v) is 10.7. The molecule has 1 heterocycles. The number of fused-ring (bicyclic) bond motifs is 1. The van der Waals surface area contributed by atoms with Crippen molar-refractivity contribution < 1.29 is 13.2 Å². The highest BCUT2D eigenvalue weighted by molar-refractivity contribution is 7.92. The van der Waals surface area contributed by atoms with E-state index in [1.165, 1.54) is 24.9 Å². The van der Waals surface area contributed by atoms with Crippen molar-refractivity contribution >= 4 is 38.1 Å². The number of hydrogen-bond donors (Lipinski definition) is 2. The lowest BCUT2D eigenvalue weighted by Crippen LogP contribution is -2.29. The molecule has 1 fully saturated rings. The van der Waals surface area contributed by atoms with Crippen LogP contribution < -0.4 is 14.9 Å². The fourth-order valence-electron chi connectivity index (χ4n) is 4.36. The summed E-state index contributed by atoms with van der Waals surface area (Å²) in [5, 5.41) is 5.23. The number of amides is 1. The first kappa shape index (κ1) is 23.1. The molecule has 0 radical (unpaired) electrons. The van der Waals surface area contributed by atoms with Gasteiger partial charge in [0.1, 0.15) is 0 Å². The van der Waals surface area contributed by atoms with Gasteiger partial charge in [-0.05, 0) is 85.3 Å². The molecule has 7 heteroatoms. The van der Waals surface area contributed by atoms with Gasteiger partial charge < -0.3 is 10.2 Å². The molecule has 3 aromatic rings. The Hall–Kier alpha value is -3.06. The van der Waals surface area contributed by atoms with Crippen LogP contribution in [0.5, 0.6) is 0 Å². The van der Waals surface area contributed by atoms with Crippen LogP contribution in [0.1, 0.15) is 53.7 Å². The largest absolute Gasteiger partial charge is 0.372 e. The standard InChI is InChI=1S/C26H31N3O3S/c1-18-15-20(10-12-25(18)28-33(3,31)32)19(2)27-26(30)23-8-7-22-17-24(11-9-21(22)16-23)29-13-5-4-6-14-29/h7-12,15-17,19,28H,4-6,13-14H2,1-3H3,(H,27,30)/t19-/m1/s1. The van der Waals surface area contributed by atoms with E-state index in [0.29, 0.717) is 11.3 Å². The number of aryl methyl sites for hydroxylation is 1. The van der Waals surface area contributed by atoms with Gasteiger partial charge in [0.2, 0.25) is 10.0 Å². The van der Waals surface area contributed by atoms with E-state index in [9.17, 15) is 13.2 Å². The van der Waals surface area contributed by atoms with E-state index in [0.717, 1.165) is 41.2 Å². The molecule has 0 saturated carbocycles. The average molecular weight is 466 g/mol. The van der Waals surface area contributed by atoms with Gasteiger partial charge in [-0.3, -0.25) is 9.52 Å². The third-order valence-corrected chi connectivity index (χ3v) is 6.79. The molecule has 1 amide bonds. The fourth-order valence-corrected chi connectivity index (χ4v) is 4.99. The van der Waals surface area contributed by atoms with Crippen molar-refractivity contribution in [3.05, 3.63) is 71.3 Å². The Morgan fingerprint density at radius 2 is 1.64 bits per heavy atom. The molecule has 2 N–H and O–H groups in total. The first-order chi connectivity index (χ1) is 15.7. The molecule has 0 bridgehead atoms. The minimum atomic E-state index is -3.34. The number of hydrogen-bond acceptors (Lipinski definition) is 4. The highest BCUT2D eigenvalue weighted by Crippen LogP contribution is 2.26. The van der Waals surface area contributed by atoms with Crippen LogP contribution in [0.25, 0.3) is 10.8 Å². The van der Waals surface area contributed by atoms with Crippen molar-refractivity contribution in [1.82, 2.24) is 5.32 Å². The summed E-state index contributed by atoms with van der Waals surface area (Å²) in [6.45, 7) is 5.97. The molecular weight excluding hydrogens is 434 g/mol. The Morgan fingerprint density at radius 1 is 0.939 bits per heavy atom. The van der Waals surface area contributed by atoms with Crippen LogP contribution in [-0.2, 0) is 10.0 Å². The summed E-state index contributed by atoms with van der Waals surface area (Å²) >= 11 is 0. The molecule has 4 rings (SSSR count). The SMILES string of the molecule is Cc1cc([C@@H](C)NC(=O)c2ccc3cc(N4CCCCC4)ccc3c2)ccc1NS(C)(=O)=O. The summed E-state index contributed by atoms with van der Waals surface area (Å²) < 4.78 is 25.5. The Kier molecular flexibility index (Phi) is 6.61. The van der Waals surface area contributed by atoms with E-state index in [-0.39, 0.29) is 11.9 Å². The van der Waals surface area contributed by atoms with Crippen molar-refractivity contribution in [1.29, 1.82) is 0 Å². The van der Waals surface area contributed by atoms with Crippen molar-refractivity contribution in [2.75, 3.05) is 29.0 Å². The highest BCUT2D eigenvalue weighted by atomic mass is 32.2. The molecule has 1 aliphatic heterocycles. The normalized spacial score (nSPS) is 15.3. The number of carbonyl (C=O) groups is 1. The molecule has 0 aliphatic carbocycles. The predicted octanol–water partition coefficient (Wildman–Crippen LogP) is 5.00. The maximum absolute atomic E-state index is 12.9. The van der Waals surface area contributed by atoms with Crippen LogP contribution in [0.3, 0.4) is 0 Å². The second kappa shape index (κ2) is 9.43. The van der Waals surface area contributed by atoms with Gasteiger partial charge >= 0.3 is 0 Å². The Labute approximate surface area is 196 Å². The van der Waals surface area contributed by atoms with Crippen LogP contribution in [0.15, 0.2) is 54.6 Å². The van der Waals surface area contributed by atoms with Gasteiger partial charge in [-0.2, -0.15) is 0 Å². The molecule has 3 aromatic carbocycles. The van der Waals surface area contributed by atoms with E-state index in [2.05, 4.69) is 33.1 Å². The zero-order valence-electron chi connectivity index (χ0n) is 19.4. The van der Waals surface area contributed by atoms with Crippen molar-refractivity contribution in [3.63, 3.8) is 0 Å². The Balaban J connectivity index is 1.47. The van der Waals surface area contributed by atoms with Crippen molar-refractivity contribution in [2.45, 2.75) is 39.2 Å². The smallest absolute Gasteiger partial charge is 0.251 e. The van der Waals surface area contributed by atoms with Crippen molar-refractivity contribution in [3.8, 4) is 0 Å². The highest BCUT2D eigenvalue weighted by Gasteiger charge is 2.15. The molecule has 1 atom stereocenters. The number of nitrogens with one attached hydrogen (secondary N) is 2. The topological polar surface area (TPSA) is 78.5 Å². The predicted molar refractivity (Wildman–Crippen MR) is 136 cm³/mol. The van der Waals surface area contributed by atoms with E-state index < -0.39 is 10.0 Å². The molecule has 1 saturated heterocycles. The number of sulfonamides is 1. The Bertz CT molecular complexity index is 1280. The van der Waals surface area contributed by atoms with Crippen molar-refractivity contribution in [2.24, 2.45) is 0 Å². The van der Waals surface area contributed by atoms with Crippen LogP contribution in [0, 0.1) is 6.92 Å². The first-order valence-corrected chi connectivity index (χ1v) is 13.3. The lowest BCUT2D eigenvalue weighted by molar-refractivity contribution is 0.0940. The summed E-state index contributed by atoms with van der Waals surface area (Å²) in [7, 11) is -3.34. The summed E-state index contributed by atoms with van der Waals surface area (Å²) in [5.74, 6) is -0.138. The zero-order chi connectivity index (χ0) is 23.6. The molecule has 1 aliphatic rings. The van der Waals surface area contributed by atoms with E-state index in [1.807, 2.05) is 44.2 Å². The monoisotopic (exact) mass is 465 g/mol. The van der Waals surface area contributed by atoms with Crippen LogP contribution in [0.4, 0.5) is 11.4 Å². The number of rotatable bonds is 6. The summed E-state index contributed by atoms with van der Waals surface area (Å²) in [5.41, 5.74) is 4.11. The third-order valence-electron chi connectivity index (χ3n) is 6.20. The van der Waals surface area contributed by atoms with Gasteiger partial charge in [0, 0.05) is 24.3 Å². The minimum absolute atomic E-state index is 0.138. The quantitative estimate of drug-likeness (QED) is 0.537. The number of anilines is 2. The van der Waals surface area contributed by atoms with Gasteiger partial charge in [-0.25, -0.2) is 8.42 Å².